The van der Waals surface area contributed by atoms with Gasteiger partial charge in [0.1, 0.15) is 5.52 Å². The quantitative estimate of drug-likeness (QED) is 0.688. The van der Waals surface area contributed by atoms with Gasteiger partial charge < -0.3 is 4.42 Å². The van der Waals surface area contributed by atoms with Crippen LogP contribution in [0.15, 0.2) is 47.1 Å². The van der Waals surface area contributed by atoms with Crippen LogP contribution in [0.25, 0.3) is 11.1 Å². The average Bonchev–Trinajstić information content (AvgIpc) is 2.82. The Morgan fingerprint density at radius 3 is 2.78 bits per heavy atom. The molecule has 0 aliphatic rings. The Bertz CT molecular complexity index is 657. The highest BCUT2D eigenvalue weighted by atomic mass is 16.4. The first kappa shape index (κ1) is 10.8. The van der Waals surface area contributed by atoms with Gasteiger partial charge in [-0.05, 0) is 30.7 Å². The molecule has 0 unspecified atom stereocenters. The molecule has 0 amide bonds. The van der Waals surface area contributed by atoms with Crippen molar-refractivity contribution in [2.45, 2.75) is 6.92 Å². The molecule has 4 nitrogen and oxygen atoms in total. The molecule has 2 heterocycles. The van der Waals surface area contributed by atoms with Gasteiger partial charge in [-0.15, -0.1) is 0 Å². The Hall–Kier alpha value is -2.36. The Morgan fingerprint density at radius 1 is 1.17 bits per heavy atom. The molecule has 0 saturated carbocycles. The maximum absolute atomic E-state index is 5.73. The molecular weight excluding hydrogens is 226 g/mol. The molecular formula is C14H13N3O. The van der Waals surface area contributed by atoms with Crippen molar-refractivity contribution in [1.29, 1.82) is 0 Å². The molecule has 90 valence electrons. The lowest BCUT2D eigenvalue weighted by molar-refractivity contribution is 0.603. The number of nitrogens with zero attached hydrogens (tertiary/aromatic N) is 3. The third-order valence-electron chi connectivity index (χ3n) is 2.92. The fraction of sp³-hybridized carbons (Fsp3) is 0.143. The second-order valence-electron chi connectivity index (χ2n) is 4.19. The average molecular weight is 239 g/mol. The van der Waals surface area contributed by atoms with Crippen molar-refractivity contribution in [1.82, 2.24) is 9.97 Å². The van der Waals surface area contributed by atoms with Crippen LogP contribution in [0.5, 0.6) is 0 Å². The number of oxazole rings is 1. The van der Waals surface area contributed by atoms with Crippen LogP contribution >= 0.6 is 0 Å². The lowest BCUT2D eigenvalue weighted by atomic mass is 10.2. The smallest absolute Gasteiger partial charge is 0.302 e. The van der Waals surface area contributed by atoms with Gasteiger partial charge in [-0.3, -0.25) is 9.88 Å². The summed E-state index contributed by atoms with van der Waals surface area (Å²) in [7, 11) is 1.94. The van der Waals surface area contributed by atoms with Crippen LogP contribution in [0, 0.1) is 6.92 Å². The SMILES string of the molecule is Cc1cnccc1N(C)c1nc2ccccc2o1. The van der Waals surface area contributed by atoms with Crippen LogP contribution in [0.1, 0.15) is 5.56 Å². The van der Waals surface area contributed by atoms with Crippen LogP contribution in [-0.4, -0.2) is 17.0 Å². The van der Waals surface area contributed by atoms with Crippen LogP contribution in [-0.2, 0) is 0 Å². The molecule has 0 aliphatic carbocycles. The van der Waals surface area contributed by atoms with Gasteiger partial charge in [0.25, 0.3) is 0 Å². The molecule has 0 fully saturated rings. The molecule has 0 atom stereocenters. The molecule has 3 rings (SSSR count). The number of fused-ring (bicyclic) bond motifs is 1. The summed E-state index contributed by atoms with van der Waals surface area (Å²) in [6, 6.07) is 10.3. The summed E-state index contributed by atoms with van der Waals surface area (Å²) in [6.45, 7) is 2.02. The van der Waals surface area contributed by atoms with Gasteiger partial charge in [-0.25, -0.2) is 0 Å². The fourth-order valence-corrected chi connectivity index (χ4v) is 1.95. The van der Waals surface area contributed by atoms with E-state index in [0.29, 0.717) is 6.01 Å². The van der Waals surface area contributed by atoms with Crippen molar-refractivity contribution in [3.05, 3.63) is 48.3 Å². The van der Waals surface area contributed by atoms with Crippen LogP contribution in [0.4, 0.5) is 11.7 Å². The molecule has 3 aromatic rings. The highest BCUT2D eigenvalue weighted by Crippen LogP contribution is 2.28. The van der Waals surface area contributed by atoms with Gasteiger partial charge in [-0.2, -0.15) is 4.98 Å². The van der Waals surface area contributed by atoms with Crippen molar-refractivity contribution >= 4 is 22.8 Å². The van der Waals surface area contributed by atoms with E-state index >= 15 is 0 Å². The van der Waals surface area contributed by atoms with E-state index in [1.807, 2.05) is 55.4 Å². The zero-order chi connectivity index (χ0) is 12.5. The molecule has 0 bridgehead atoms. The largest absolute Gasteiger partial charge is 0.423 e. The van der Waals surface area contributed by atoms with Crippen LogP contribution in [0.3, 0.4) is 0 Å². The topological polar surface area (TPSA) is 42.2 Å². The van der Waals surface area contributed by atoms with E-state index in [2.05, 4.69) is 9.97 Å². The molecule has 0 N–H and O–H groups in total. The minimum absolute atomic E-state index is 0.588. The van der Waals surface area contributed by atoms with Gasteiger partial charge in [0.05, 0.1) is 5.69 Å². The standard InChI is InChI=1S/C14H13N3O/c1-10-9-15-8-7-12(10)17(2)14-16-11-5-3-4-6-13(11)18-14/h3-9H,1-2H3. The van der Waals surface area contributed by atoms with E-state index in [1.54, 1.807) is 6.20 Å². The highest BCUT2D eigenvalue weighted by molar-refractivity contribution is 5.75. The van der Waals surface area contributed by atoms with Crippen molar-refractivity contribution in [2.24, 2.45) is 0 Å². The van der Waals surface area contributed by atoms with E-state index < -0.39 is 0 Å². The zero-order valence-corrected chi connectivity index (χ0v) is 10.3. The van der Waals surface area contributed by atoms with Crippen LogP contribution < -0.4 is 4.90 Å². The third-order valence-corrected chi connectivity index (χ3v) is 2.92. The highest BCUT2D eigenvalue weighted by Gasteiger charge is 2.13. The number of pyridine rings is 1. The third kappa shape index (κ3) is 1.72. The Morgan fingerprint density at radius 2 is 2.00 bits per heavy atom. The number of aromatic nitrogens is 2. The molecule has 0 aliphatic heterocycles. The van der Waals surface area contributed by atoms with Crippen molar-refractivity contribution in [3.8, 4) is 0 Å². The van der Waals surface area contributed by atoms with E-state index in [1.165, 1.54) is 0 Å². The number of para-hydroxylation sites is 2. The second kappa shape index (κ2) is 4.14. The molecule has 0 spiro atoms. The van der Waals surface area contributed by atoms with Gasteiger partial charge in [0.15, 0.2) is 5.58 Å². The summed E-state index contributed by atoms with van der Waals surface area (Å²) in [6.07, 6.45) is 3.59. The minimum atomic E-state index is 0.588. The maximum atomic E-state index is 5.73. The predicted octanol–water partition coefficient (Wildman–Crippen LogP) is 3.30. The Labute approximate surface area is 105 Å². The number of aryl methyl sites for hydroxylation is 1. The number of anilines is 2. The lowest BCUT2D eigenvalue weighted by Crippen LogP contribution is -2.11. The van der Waals surface area contributed by atoms with Gasteiger partial charge in [0.2, 0.25) is 0 Å². The van der Waals surface area contributed by atoms with Gasteiger partial charge >= 0.3 is 6.01 Å². The Kier molecular flexibility index (Phi) is 2.48. The summed E-state index contributed by atoms with van der Waals surface area (Å²) in [5, 5.41) is 0. The predicted molar refractivity (Wildman–Crippen MR) is 71.0 cm³/mol. The minimum Gasteiger partial charge on any atom is -0.423 e. The molecule has 0 radical (unpaired) electrons. The van der Waals surface area contributed by atoms with Crippen LogP contribution in [0.2, 0.25) is 0 Å². The lowest BCUT2D eigenvalue weighted by Gasteiger charge is -2.16. The molecule has 18 heavy (non-hydrogen) atoms. The second-order valence-corrected chi connectivity index (χ2v) is 4.19. The number of hydrogen-bond donors (Lipinski definition) is 0. The normalized spacial score (nSPS) is 10.8. The molecule has 0 saturated heterocycles. The van der Waals surface area contributed by atoms with Gasteiger partial charge in [0, 0.05) is 19.4 Å². The van der Waals surface area contributed by atoms with Crippen molar-refractivity contribution in [2.75, 3.05) is 11.9 Å². The number of benzene rings is 1. The number of hydrogen-bond acceptors (Lipinski definition) is 4. The van der Waals surface area contributed by atoms with E-state index in [-0.39, 0.29) is 0 Å². The first-order valence-corrected chi connectivity index (χ1v) is 5.75. The summed E-state index contributed by atoms with van der Waals surface area (Å²) < 4.78 is 5.73. The Balaban J connectivity index is 2.07. The van der Waals surface area contributed by atoms with E-state index in [9.17, 15) is 0 Å². The summed E-state index contributed by atoms with van der Waals surface area (Å²) in [5.41, 5.74) is 3.79. The summed E-state index contributed by atoms with van der Waals surface area (Å²) in [5.74, 6) is 0. The summed E-state index contributed by atoms with van der Waals surface area (Å²) >= 11 is 0. The number of rotatable bonds is 2. The van der Waals surface area contributed by atoms with E-state index in [0.717, 1.165) is 22.4 Å². The monoisotopic (exact) mass is 239 g/mol. The van der Waals surface area contributed by atoms with Gasteiger partial charge in [-0.1, -0.05) is 12.1 Å². The first-order valence-electron chi connectivity index (χ1n) is 5.75. The van der Waals surface area contributed by atoms with Crippen molar-refractivity contribution < 1.29 is 4.42 Å². The van der Waals surface area contributed by atoms with E-state index in [4.69, 9.17) is 4.42 Å². The molecule has 4 heteroatoms. The summed E-state index contributed by atoms with van der Waals surface area (Å²) in [4.78, 5) is 10.5. The molecule has 2 aromatic heterocycles. The van der Waals surface area contributed by atoms with Crippen molar-refractivity contribution in [3.63, 3.8) is 0 Å². The maximum Gasteiger partial charge on any atom is 0.302 e. The first-order chi connectivity index (χ1) is 8.75. The fourth-order valence-electron chi connectivity index (χ4n) is 1.95. The molecule has 1 aromatic carbocycles. The zero-order valence-electron chi connectivity index (χ0n) is 10.3.